The van der Waals surface area contributed by atoms with E-state index in [0.717, 1.165) is 39.9 Å². The molecule has 5 heteroatoms. The normalized spacial score (nSPS) is 13.9. The van der Waals surface area contributed by atoms with Gasteiger partial charge in [0, 0.05) is 18.2 Å². The van der Waals surface area contributed by atoms with Crippen molar-refractivity contribution in [3.8, 4) is 5.75 Å². The van der Waals surface area contributed by atoms with Crippen LogP contribution in [-0.2, 0) is 6.54 Å². The van der Waals surface area contributed by atoms with Crippen LogP contribution in [0.25, 0.3) is 10.2 Å². The Morgan fingerprint density at radius 3 is 2.75 bits per heavy atom. The maximum absolute atomic E-state index is 13.0. The first-order valence-electron chi connectivity index (χ1n) is 8.02. The molecule has 1 amide bonds. The predicted molar refractivity (Wildman–Crippen MR) is 95.5 cm³/mol. The lowest BCUT2D eigenvalue weighted by molar-refractivity contribution is 0.0730. The summed E-state index contributed by atoms with van der Waals surface area (Å²) in [6.07, 6.45) is 2.18. The van der Waals surface area contributed by atoms with E-state index in [1.54, 1.807) is 18.4 Å². The van der Waals surface area contributed by atoms with E-state index in [1.165, 1.54) is 0 Å². The van der Waals surface area contributed by atoms with Crippen LogP contribution in [0.4, 0.5) is 0 Å². The van der Waals surface area contributed by atoms with Gasteiger partial charge in [0.05, 0.1) is 22.8 Å². The van der Waals surface area contributed by atoms with E-state index in [0.29, 0.717) is 12.6 Å². The summed E-state index contributed by atoms with van der Waals surface area (Å²) in [6.45, 7) is 0.633. The van der Waals surface area contributed by atoms with Crippen molar-refractivity contribution in [3.63, 3.8) is 0 Å². The van der Waals surface area contributed by atoms with Gasteiger partial charge in [0.15, 0.2) is 0 Å². The molecule has 3 aromatic rings. The molecule has 1 heterocycles. The van der Waals surface area contributed by atoms with Crippen LogP contribution in [0.15, 0.2) is 48.0 Å². The molecule has 0 spiro atoms. The van der Waals surface area contributed by atoms with Crippen LogP contribution in [-0.4, -0.2) is 28.9 Å². The molecular formula is C19H18N2O2S. The Hall–Kier alpha value is -2.40. The zero-order valence-electron chi connectivity index (χ0n) is 13.4. The second kappa shape index (κ2) is 6.24. The lowest BCUT2D eigenvalue weighted by atomic mass is 10.1. The van der Waals surface area contributed by atoms with Gasteiger partial charge in [-0.1, -0.05) is 12.1 Å². The number of hydrogen-bond donors (Lipinski definition) is 0. The highest BCUT2D eigenvalue weighted by atomic mass is 32.1. The van der Waals surface area contributed by atoms with Crippen LogP contribution in [0.2, 0.25) is 0 Å². The topological polar surface area (TPSA) is 42.4 Å². The molecule has 122 valence electrons. The van der Waals surface area contributed by atoms with Gasteiger partial charge < -0.3 is 9.64 Å². The molecule has 0 bridgehead atoms. The molecular weight excluding hydrogens is 320 g/mol. The zero-order valence-corrected chi connectivity index (χ0v) is 14.3. The fraction of sp³-hybridized carbons (Fsp3) is 0.263. The van der Waals surface area contributed by atoms with Gasteiger partial charge in [-0.3, -0.25) is 4.79 Å². The second-order valence-electron chi connectivity index (χ2n) is 6.05. The van der Waals surface area contributed by atoms with Crippen molar-refractivity contribution in [2.45, 2.75) is 25.4 Å². The highest BCUT2D eigenvalue weighted by Gasteiger charge is 2.33. The molecule has 0 radical (unpaired) electrons. The SMILES string of the molecule is COc1ccc(CN(C(=O)c2ccc3ncsc3c2)C2CC2)cc1. The Kier molecular flexibility index (Phi) is 3.94. The van der Waals surface area contributed by atoms with Gasteiger partial charge in [0.25, 0.3) is 5.91 Å². The summed E-state index contributed by atoms with van der Waals surface area (Å²) in [7, 11) is 1.66. The molecule has 4 rings (SSSR count). The monoisotopic (exact) mass is 338 g/mol. The third-order valence-corrected chi connectivity index (χ3v) is 5.13. The van der Waals surface area contributed by atoms with Crippen molar-refractivity contribution in [2.75, 3.05) is 7.11 Å². The summed E-state index contributed by atoms with van der Waals surface area (Å²) in [5.74, 6) is 0.933. The van der Waals surface area contributed by atoms with Crippen molar-refractivity contribution >= 4 is 27.5 Å². The molecule has 1 aliphatic carbocycles. The van der Waals surface area contributed by atoms with E-state index in [4.69, 9.17) is 4.74 Å². The Bertz CT molecular complexity index is 868. The largest absolute Gasteiger partial charge is 0.497 e. The number of benzene rings is 2. The number of thiazole rings is 1. The summed E-state index contributed by atoms with van der Waals surface area (Å²) < 4.78 is 6.26. The lowest BCUT2D eigenvalue weighted by Gasteiger charge is -2.23. The number of carbonyl (C=O) groups is 1. The summed E-state index contributed by atoms with van der Waals surface area (Å²) in [5.41, 5.74) is 4.63. The number of carbonyl (C=O) groups excluding carboxylic acids is 1. The van der Waals surface area contributed by atoms with Gasteiger partial charge in [-0.25, -0.2) is 4.98 Å². The number of amides is 1. The number of hydrogen-bond acceptors (Lipinski definition) is 4. The molecule has 24 heavy (non-hydrogen) atoms. The summed E-state index contributed by atoms with van der Waals surface area (Å²) in [4.78, 5) is 19.3. The highest BCUT2D eigenvalue weighted by molar-refractivity contribution is 7.16. The molecule has 1 aliphatic rings. The van der Waals surface area contributed by atoms with Crippen LogP contribution in [0.5, 0.6) is 5.75 Å². The predicted octanol–water partition coefficient (Wildman–Crippen LogP) is 4.11. The quantitative estimate of drug-likeness (QED) is 0.703. The third kappa shape index (κ3) is 2.99. The lowest BCUT2D eigenvalue weighted by Crippen LogP contribution is -2.32. The number of rotatable bonds is 5. The second-order valence-corrected chi connectivity index (χ2v) is 6.93. The third-order valence-electron chi connectivity index (χ3n) is 4.34. The van der Waals surface area contributed by atoms with E-state index in [2.05, 4.69) is 4.98 Å². The first-order valence-corrected chi connectivity index (χ1v) is 8.90. The molecule has 1 saturated carbocycles. The van der Waals surface area contributed by atoms with E-state index < -0.39 is 0 Å². The number of ether oxygens (including phenoxy) is 1. The summed E-state index contributed by atoms with van der Waals surface area (Å²) in [5, 5.41) is 0. The van der Waals surface area contributed by atoms with E-state index in [9.17, 15) is 4.79 Å². The molecule has 0 atom stereocenters. The molecule has 2 aromatic carbocycles. The van der Waals surface area contributed by atoms with Crippen molar-refractivity contribution in [3.05, 3.63) is 59.1 Å². The van der Waals surface area contributed by atoms with Crippen LogP contribution < -0.4 is 4.74 Å². The van der Waals surface area contributed by atoms with Crippen molar-refractivity contribution in [2.24, 2.45) is 0 Å². The molecule has 0 aliphatic heterocycles. The van der Waals surface area contributed by atoms with Crippen LogP contribution in [0, 0.1) is 0 Å². The minimum Gasteiger partial charge on any atom is -0.497 e. The fourth-order valence-corrected chi connectivity index (χ4v) is 3.55. The van der Waals surface area contributed by atoms with Crippen LogP contribution >= 0.6 is 11.3 Å². The Balaban J connectivity index is 1.58. The maximum Gasteiger partial charge on any atom is 0.254 e. The Morgan fingerprint density at radius 2 is 2.04 bits per heavy atom. The number of fused-ring (bicyclic) bond motifs is 1. The molecule has 1 fully saturated rings. The minimum atomic E-state index is 0.101. The van der Waals surface area contributed by atoms with Crippen LogP contribution in [0.3, 0.4) is 0 Å². The highest BCUT2D eigenvalue weighted by Crippen LogP contribution is 2.31. The number of methoxy groups -OCH3 is 1. The summed E-state index contributed by atoms with van der Waals surface area (Å²) >= 11 is 1.57. The average Bonchev–Trinajstić information content (AvgIpc) is 3.36. The standard InChI is InChI=1S/C19H18N2O2S/c1-23-16-7-2-13(3-8-16)11-21(15-5-6-15)19(22)14-4-9-17-18(10-14)24-12-20-17/h2-4,7-10,12,15H,5-6,11H2,1H3. The molecule has 0 saturated heterocycles. The van der Waals surface area contributed by atoms with Crippen molar-refractivity contribution < 1.29 is 9.53 Å². The molecule has 1 aromatic heterocycles. The van der Waals surface area contributed by atoms with Crippen molar-refractivity contribution in [1.29, 1.82) is 0 Å². The van der Waals surface area contributed by atoms with Crippen LogP contribution in [0.1, 0.15) is 28.8 Å². The minimum absolute atomic E-state index is 0.101. The average molecular weight is 338 g/mol. The van der Waals surface area contributed by atoms with E-state index >= 15 is 0 Å². The van der Waals surface area contributed by atoms with Gasteiger partial charge in [-0.05, 0) is 48.7 Å². The fourth-order valence-electron chi connectivity index (χ4n) is 2.83. The molecule has 0 unspecified atom stereocenters. The summed E-state index contributed by atoms with van der Waals surface area (Å²) in [6, 6.07) is 14.0. The van der Waals surface area contributed by atoms with E-state index in [-0.39, 0.29) is 5.91 Å². The molecule has 4 nitrogen and oxygen atoms in total. The van der Waals surface area contributed by atoms with Gasteiger partial charge >= 0.3 is 0 Å². The van der Waals surface area contributed by atoms with Gasteiger partial charge in [0.2, 0.25) is 0 Å². The van der Waals surface area contributed by atoms with E-state index in [1.807, 2.05) is 52.9 Å². The van der Waals surface area contributed by atoms with Crippen molar-refractivity contribution in [1.82, 2.24) is 9.88 Å². The molecule has 0 N–H and O–H groups in total. The van der Waals surface area contributed by atoms with Gasteiger partial charge in [-0.2, -0.15) is 0 Å². The first-order chi connectivity index (χ1) is 11.7. The maximum atomic E-state index is 13.0. The Morgan fingerprint density at radius 1 is 1.25 bits per heavy atom. The zero-order chi connectivity index (χ0) is 16.5. The van der Waals surface area contributed by atoms with Gasteiger partial charge in [0.1, 0.15) is 5.75 Å². The number of aromatic nitrogens is 1. The first kappa shape index (κ1) is 15.1. The smallest absolute Gasteiger partial charge is 0.254 e. The number of nitrogens with zero attached hydrogens (tertiary/aromatic N) is 2. The van der Waals surface area contributed by atoms with Gasteiger partial charge in [-0.15, -0.1) is 11.3 Å². The Labute approximate surface area is 144 Å².